The number of rotatable bonds is 5. The molecule has 68 valence electrons. The summed E-state index contributed by atoms with van der Waals surface area (Å²) in [7, 11) is 0.151. The van der Waals surface area contributed by atoms with Crippen molar-refractivity contribution in [3.63, 3.8) is 0 Å². The fraction of sp³-hybridized carbons (Fsp3) is 1.00. The minimum atomic E-state index is -3.07. The smallest absolute Gasteiger partial charge is 0.224 e. The van der Waals surface area contributed by atoms with Crippen LogP contribution in [0.5, 0.6) is 0 Å². The molecule has 0 fully saturated rings. The van der Waals surface area contributed by atoms with Gasteiger partial charge in [-0.15, -0.1) is 0 Å². The zero-order valence-corrected chi connectivity index (χ0v) is 8.11. The number of sulfonamides is 1. The van der Waals surface area contributed by atoms with Crippen molar-refractivity contribution in [2.24, 2.45) is 0 Å². The van der Waals surface area contributed by atoms with Crippen LogP contribution in [0.3, 0.4) is 0 Å². The molecular weight excluding hydrogens is 164 g/mol. The predicted octanol–water partition coefficient (Wildman–Crippen LogP) is -0.165. The Morgan fingerprint density at radius 3 is 2.36 bits per heavy atom. The van der Waals surface area contributed by atoms with Gasteiger partial charge in [-0.25, -0.2) is 13.1 Å². The third-order valence-corrected chi connectivity index (χ3v) is 2.71. The van der Waals surface area contributed by atoms with Crippen LogP contribution < -0.4 is 4.72 Å². The van der Waals surface area contributed by atoms with Crippen LogP contribution in [0.25, 0.3) is 0 Å². The van der Waals surface area contributed by atoms with Crippen molar-refractivity contribution in [1.82, 2.24) is 9.62 Å². The highest BCUT2D eigenvalue weighted by Crippen LogP contribution is 1.90. The van der Waals surface area contributed by atoms with Gasteiger partial charge in [0.05, 0.1) is 0 Å². The van der Waals surface area contributed by atoms with E-state index in [1.54, 1.807) is 11.9 Å². The van der Waals surface area contributed by atoms with Crippen molar-refractivity contribution in [1.29, 1.82) is 0 Å². The summed E-state index contributed by atoms with van der Waals surface area (Å²) < 4.78 is 24.1. The van der Waals surface area contributed by atoms with E-state index >= 15 is 0 Å². The van der Waals surface area contributed by atoms with Gasteiger partial charge in [-0.2, -0.15) is 0 Å². The second-order valence-corrected chi connectivity index (χ2v) is 4.42. The summed E-state index contributed by atoms with van der Waals surface area (Å²) >= 11 is 0. The monoisotopic (exact) mass is 180 g/mol. The summed E-state index contributed by atoms with van der Waals surface area (Å²) in [6.45, 7) is 2.82. The molecular formula is C6H16N2O2S. The van der Waals surface area contributed by atoms with Gasteiger partial charge in [-0.05, 0) is 27.1 Å². The van der Waals surface area contributed by atoms with Crippen LogP contribution in [0.1, 0.15) is 13.3 Å². The first-order valence-electron chi connectivity index (χ1n) is 3.61. The largest absolute Gasteiger partial charge is 0.292 e. The quantitative estimate of drug-likeness (QED) is 0.639. The minimum absolute atomic E-state index is 0.0807. The maximum Gasteiger partial charge on any atom is 0.224 e. The molecule has 5 heteroatoms. The molecule has 0 bridgehead atoms. The number of hydrogen-bond acceptors (Lipinski definition) is 3. The Morgan fingerprint density at radius 2 is 2.00 bits per heavy atom. The van der Waals surface area contributed by atoms with Gasteiger partial charge in [0.2, 0.25) is 10.0 Å². The molecule has 0 saturated heterocycles. The highest BCUT2D eigenvalue weighted by atomic mass is 32.2. The van der Waals surface area contributed by atoms with Crippen molar-refractivity contribution < 1.29 is 8.42 Å². The first kappa shape index (κ1) is 10.9. The normalized spacial score (nSPS) is 12.4. The molecule has 0 aromatic rings. The fourth-order valence-corrected chi connectivity index (χ4v) is 1.64. The van der Waals surface area contributed by atoms with E-state index in [0.717, 1.165) is 13.0 Å². The average molecular weight is 180 g/mol. The molecule has 0 aromatic heterocycles. The van der Waals surface area contributed by atoms with E-state index in [2.05, 4.69) is 4.72 Å². The summed E-state index contributed by atoms with van der Waals surface area (Å²) in [6.07, 6.45) is 0.968. The Labute approximate surface area is 68.6 Å². The van der Waals surface area contributed by atoms with Crippen LogP contribution in [0.2, 0.25) is 0 Å². The first-order valence-corrected chi connectivity index (χ1v) is 5.27. The standard InChI is InChI=1S/C6H16N2O2S/c1-4-5-8(3)6-11(9,10)7-2/h7H,4-6H2,1-3H3. The van der Waals surface area contributed by atoms with E-state index < -0.39 is 10.0 Å². The van der Waals surface area contributed by atoms with Crippen molar-refractivity contribution in [2.45, 2.75) is 13.3 Å². The maximum absolute atomic E-state index is 10.9. The number of nitrogens with one attached hydrogen (secondary N) is 1. The molecule has 11 heavy (non-hydrogen) atoms. The van der Waals surface area contributed by atoms with Crippen molar-refractivity contribution in [3.05, 3.63) is 0 Å². The highest BCUT2D eigenvalue weighted by Gasteiger charge is 2.09. The second-order valence-electron chi connectivity index (χ2n) is 2.53. The molecule has 0 amide bonds. The first-order chi connectivity index (χ1) is 5.02. The maximum atomic E-state index is 10.9. The number of nitrogens with zero attached hydrogens (tertiary/aromatic N) is 1. The van der Waals surface area contributed by atoms with Gasteiger partial charge in [-0.3, -0.25) is 4.90 Å². The molecule has 0 aromatic carbocycles. The van der Waals surface area contributed by atoms with Gasteiger partial charge in [0.1, 0.15) is 5.88 Å². The van der Waals surface area contributed by atoms with Gasteiger partial charge in [0, 0.05) is 0 Å². The van der Waals surface area contributed by atoms with E-state index in [4.69, 9.17) is 0 Å². The molecule has 0 aliphatic heterocycles. The SMILES string of the molecule is CCCN(C)CS(=O)(=O)NC. The van der Waals surface area contributed by atoms with Crippen LogP contribution >= 0.6 is 0 Å². The summed E-state index contributed by atoms with van der Waals surface area (Å²) in [5.74, 6) is 0.0807. The average Bonchev–Trinajstić information content (AvgIpc) is 1.87. The Kier molecular flexibility index (Phi) is 4.63. The van der Waals surface area contributed by atoms with Crippen molar-refractivity contribution in [2.75, 3.05) is 26.5 Å². The molecule has 4 nitrogen and oxygen atoms in total. The summed E-state index contributed by atoms with van der Waals surface area (Å²) in [4.78, 5) is 1.77. The predicted molar refractivity (Wildman–Crippen MR) is 45.8 cm³/mol. The minimum Gasteiger partial charge on any atom is -0.292 e. The zero-order chi connectivity index (χ0) is 8.91. The van der Waals surface area contributed by atoms with E-state index in [0.29, 0.717) is 0 Å². The lowest BCUT2D eigenvalue weighted by Crippen LogP contribution is -2.33. The van der Waals surface area contributed by atoms with E-state index in [1.165, 1.54) is 7.05 Å². The molecule has 0 aliphatic carbocycles. The van der Waals surface area contributed by atoms with Crippen molar-refractivity contribution >= 4 is 10.0 Å². The van der Waals surface area contributed by atoms with E-state index in [-0.39, 0.29) is 5.88 Å². The van der Waals surface area contributed by atoms with Crippen molar-refractivity contribution in [3.8, 4) is 0 Å². The fourth-order valence-electron chi connectivity index (χ4n) is 0.801. The number of hydrogen-bond donors (Lipinski definition) is 1. The Balaban J connectivity index is 3.84. The lowest BCUT2D eigenvalue weighted by molar-refractivity contribution is 0.380. The highest BCUT2D eigenvalue weighted by molar-refractivity contribution is 7.89. The van der Waals surface area contributed by atoms with Crippen LogP contribution in [-0.4, -0.2) is 39.8 Å². The van der Waals surface area contributed by atoms with Crippen LogP contribution in [0.15, 0.2) is 0 Å². The third kappa shape index (κ3) is 5.17. The lowest BCUT2D eigenvalue weighted by Gasteiger charge is -2.14. The van der Waals surface area contributed by atoms with E-state index in [1.807, 2.05) is 6.92 Å². The van der Waals surface area contributed by atoms with Gasteiger partial charge in [-0.1, -0.05) is 6.92 Å². The van der Waals surface area contributed by atoms with Gasteiger partial charge >= 0.3 is 0 Å². The summed E-state index contributed by atoms with van der Waals surface area (Å²) in [5.41, 5.74) is 0. The summed E-state index contributed by atoms with van der Waals surface area (Å²) in [5, 5.41) is 0. The topological polar surface area (TPSA) is 49.4 Å². The second kappa shape index (κ2) is 4.69. The van der Waals surface area contributed by atoms with Crippen LogP contribution in [-0.2, 0) is 10.0 Å². The molecule has 0 atom stereocenters. The molecule has 0 rings (SSSR count). The molecule has 0 aliphatic rings. The Bertz CT molecular complexity index is 189. The third-order valence-electron chi connectivity index (χ3n) is 1.31. The molecule has 1 N–H and O–H groups in total. The van der Waals surface area contributed by atoms with Crippen LogP contribution in [0, 0.1) is 0 Å². The van der Waals surface area contributed by atoms with Gasteiger partial charge in [0.25, 0.3) is 0 Å². The molecule has 0 spiro atoms. The molecule has 0 unspecified atom stereocenters. The molecule has 0 radical (unpaired) electrons. The summed E-state index contributed by atoms with van der Waals surface area (Å²) in [6, 6.07) is 0. The lowest BCUT2D eigenvalue weighted by atomic mass is 10.5. The Hall–Kier alpha value is -0.130. The van der Waals surface area contributed by atoms with Gasteiger partial charge in [0.15, 0.2) is 0 Å². The Morgan fingerprint density at radius 1 is 1.45 bits per heavy atom. The van der Waals surface area contributed by atoms with E-state index in [9.17, 15) is 8.42 Å². The van der Waals surface area contributed by atoms with Gasteiger partial charge < -0.3 is 0 Å². The zero-order valence-electron chi connectivity index (χ0n) is 7.29. The molecule has 0 saturated carbocycles. The van der Waals surface area contributed by atoms with Crippen LogP contribution in [0.4, 0.5) is 0 Å². The molecule has 0 heterocycles.